The van der Waals surface area contributed by atoms with Gasteiger partial charge in [-0.1, -0.05) is 0 Å². The van der Waals surface area contributed by atoms with Gasteiger partial charge >= 0.3 is 6.09 Å². The molecule has 0 atom stereocenters. The normalized spacial score (nSPS) is 17.2. The average Bonchev–Trinajstić information content (AvgIpc) is 2.53. The molecule has 0 aromatic carbocycles. The number of hydrogen-bond acceptors (Lipinski definition) is 3. The number of amides is 1. The van der Waals surface area contributed by atoms with Gasteiger partial charge in [0.25, 0.3) is 0 Å². The summed E-state index contributed by atoms with van der Waals surface area (Å²) in [5.41, 5.74) is -0.259. The largest absolute Gasteiger partial charge is 0.422 e. The lowest BCUT2D eigenvalue weighted by molar-refractivity contribution is -0.0967. The quantitative estimate of drug-likeness (QED) is 0.641. The summed E-state index contributed by atoms with van der Waals surface area (Å²) in [4.78, 5) is 13.1. The Morgan fingerprint density at radius 1 is 1.29 bits per heavy atom. The lowest BCUT2D eigenvalue weighted by atomic mass is 10.2. The second kappa shape index (κ2) is 4.64. The Hall–Kier alpha value is -0.770. The van der Waals surface area contributed by atoms with Gasteiger partial charge in [-0.3, -0.25) is 0 Å². The standard InChI is InChI=1S/C10H19NO3/c1-10(2,3)14-8-13-9(12)11-6-4-5-7-11/h4-8H2,1-3H3. The van der Waals surface area contributed by atoms with Crippen LogP contribution in [0.2, 0.25) is 0 Å². The highest BCUT2D eigenvalue weighted by molar-refractivity contribution is 5.67. The van der Waals surface area contributed by atoms with Crippen LogP contribution in [-0.2, 0) is 9.47 Å². The van der Waals surface area contributed by atoms with Gasteiger partial charge in [0.1, 0.15) is 0 Å². The number of nitrogens with zero attached hydrogens (tertiary/aromatic N) is 1. The van der Waals surface area contributed by atoms with Crippen LogP contribution in [0.4, 0.5) is 4.79 Å². The molecule has 4 heteroatoms. The molecule has 4 nitrogen and oxygen atoms in total. The van der Waals surface area contributed by atoms with Crippen LogP contribution in [0, 0.1) is 0 Å². The molecule has 0 aliphatic carbocycles. The minimum Gasteiger partial charge on any atom is -0.422 e. The Labute approximate surface area is 85.2 Å². The van der Waals surface area contributed by atoms with E-state index >= 15 is 0 Å². The van der Waals surface area contributed by atoms with E-state index in [1.54, 1.807) is 4.90 Å². The highest BCUT2D eigenvalue weighted by Gasteiger charge is 2.19. The monoisotopic (exact) mass is 201 g/mol. The second-order valence-electron chi connectivity index (χ2n) is 4.48. The summed E-state index contributed by atoms with van der Waals surface area (Å²) in [5, 5.41) is 0. The van der Waals surface area contributed by atoms with E-state index in [0.717, 1.165) is 25.9 Å². The third kappa shape index (κ3) is 3.96. The molecular weight excluding hydrogens is 182 g/mol. The summed E-state index contributed by atoms with van der Waals surface area (Å²) >= 11 is 0. The van der Waals surface area contributed by atoms with Crippen molar-refractivity contribution in [3.05, 3.63) is 0 Å². The van der Waals surface area contributed by atoms with Gasteiger partial charge in [-0.2, -0.15) is 0 Å². The molecule has 0 aromatic heterocycles. The fourth-order valence-corrected chi connectivity index (χ4v) is 1.25. The summed E-state index contributed by atoms with van der Waals surface area (Å²) in [7, 11) is 0. The number of rotatable bonds is 2. The van der Waals surface area contributed by atoms with E-state index in [4.69, 9.17) is 9.47 Å². The van der Waals surface area contributed by atoms with E-state index in [0.29, 0.717) is 0 Å². The molecule has 0 radical (unpaired) electrons. The van der Waals surface area contributed by atoms with E-state index in [1.165, 1.54) is 0 Å². The van der Waals surface area contributed by atoms with Crippen LogP contribution in [0.1, 0.15) is 33.6 Å². The topological polar surface area (TPSA) is 38.8 Å². The molecule has 0 spiro atoms. The number of carbonyl (C=O) groups is 1. The van der Waals surface area contributed by atoms with Gasteiger partial charge in [0.2, 0.25) is 0 Å². The summed E-state index contributed by atoms with van der Waals surface area (Å²) in [6.07, 6.45) is 1.90. The third-order valence-corrected chi connectivity index (χ3v) is 2.04. The van der Waals surface area contributed by atoms with Crippen molar-refractivity contribution in [2.45, 2.75) is 39.2 Å². The lowest BCUT2D eigenvalue weighted by Crippen LogP contribution is -2.30. The Kier molecular flexibility index (Phi) is 3.75. The zero-order valence-electron chi connectivity index (χ0n) is 9.21. The Bertz CT molecular complexity index is 192. The highest BCUT2D eigenvalue weighted by atomic mass is 16.7. The average molecular weight is 201 g/mol. The molecule has 1 aliphatic rings. The SMILES string of the molecule is CC(C)(C)OCOC(=O)N1CCCC1. The van der Waals surface area contributed by atoms with Gasteiger partial charge in [0.15, 0.2) is 6.79 Å². The van der Waals surface area contributed by atoms with E-state index in [2.05, 4.69) is 0 Å². The molecule has 1 rings (SSSR count). The molecule has 1 fully saturated rings. The number of likely N-dealkylation sites (tertiary alicyclic amines) is 1. The van der Waals surface area contributed by atoms with Crippen LogP contribution in [0.25, 0.3) is 0 Å². The predicted molar refractivity (Wildman–Crippen MR) is 53.0 cm³/mol. The molecular formula is C10H19NO3. The molecule has 0 saturated carbocycles. The maximum atomic E-state index is 11.4. The first-order valence-corrected chi connectivity index (χ1v) is 5.05. The van der Waals surface area contributed by atoms with Crippen LogP contribution in [0.15, 0.2) is 0 Å². The van der Waals surface area contributed by atoms with Crippen molar-refractivity contribution < 1.29 is 14.3 Å². The number of carbonyl (C=O) groups excluding carboxylic acids is 1. The summed E-state index contributed by atoms with van der Waals surface area (Å²) in [5.74, 6) is 0. The van der Waals surface area contributed by atoms with Gasteiger partial charge in [0.05, 0.1) is 5.60 Å². The fraction of sp³-hybridized carbons (Fsp3) is 0.900. The van der Waals surface area contributed by atoms with E-state index < -0.39 is 0 Å². The molecule has 0 aromatic rings. The zero-order valence-corrected chi connectivity index (χ0v) is 9.21. The number of ether oxygens (including phenoxy) is 2. The first kappa shape index (κ1) is 11.3. The van der Waals surface area contributed by atoms with Gasteiger partial charge in [-0.25, -0.2) is 4.79 Å². The molecule has 14 heavy (non-hydrogen) atoms. The maximum Gasteiger partial charge on any atom is 0.411 e. The molecule has 1 amide bonds. The van der Waals surface area contributed by atoms with Crippen molar-refractivity contribution in [3.8, 4) is 0 Å². The van der Waals surface area contributed by atoms with Crippen LogP contribution in [0.3, 0.4) is 0 Å². The smallest absolute Gasteiger partial charge is 0.411 e. The highest BCUT2D eigenvalue weighted by Crippen LogP contribution is 2.10. The Morgan fingerprint density at radius 3 is 2.36 bits per heavy atom. The van der Waals surface area contributed by atoms with Crippen molar-refractivity contribution in [3.63, 3.8) is 0 Å². The van der Waals surface area contributed by atoms with Crippen LogP contribution < -0.4 is 0 Å². The van der Waals surface area contributed by atoms with Gasteiger partial charge in [-0.05, 0) is 33.6 Å². The van der Waals surface area contributed by atoms with Crippen LogP contribution >= 0.6 is 0 Å². The third-order valence-electron chi connectivity index (χ3n) is 2.04. The second-order valence-corrected chi connectivity index (χ2v) is 4.48. The van der Waals surface area contributed by atoms with Crippen LogP contribution in [-0.4, -0.2) is 36.5 Å². The molecule has 0 N–H and O–H groups in total. The summed E-state index contributed by atoms with van der Waals surface area (Å²) < 4.78 is 10.3. The van der Waals surface area contributed by atoms with Crippen molar-refractivity contribution in [1.82, 2.24) is 4.90 Å². The first-order valence-electron chi connectivity index (χ1n) is 5.05. The van der Waals surface area contributed by atoms with Gasteiger partial charge in [0, 0.05) is 13.1 Å². The van der Waals surface area contributed by atoms with Crippen molar-refractivity contribution in [2.24, 2.45) is 0 Å². The molecule has 82 valence electrons. The van der Waals surface area contributed by atoms with Crippen molar-refractivity contribution in [2.75, 3.05) is 19.9 Å². The van der Waals surface area contributed by atoms with Crippen molar-refractivity contribution in [1.29, 1.82) is 0 Å². The van der Waals surface area contributed by atoms with E-state index in [-0.39, 0.29) is 18.5 Å². The molecule has 1 aliphatic heterocycles. The fourth-order valence-electron chi connectivity index (χ4n) is 1.25. The Morgan fingerprint density at radius 2 is 1.86 bits per heavy atom. The lowest BCUT2D eigenvalue weighted by Gasteiger charge is -2.21. The first-order chi connectivity index (χ1) is 6.49. The minimum atomic E-state index is -0.259. The zero-order chi connectivity index (χ0) is 10.6. The maximum absolute atomic E-state index is 11.4. The molecule has 0 unspecified atom stereocenters. The van der Waals surface area contributed by atoms with Gasteiger partial charge < -0.3 is 14.4 Å². The van der Waals surface area contributed by atoms with Crippen LogP contribution in [0.5, 0.6) is 0 Å². The summed E-state index contributed by atoms with van der Waals surface area (Å²) in [6.45, 7) is 7.45. The van der Waals surface area contributed by atoms with Crippen molar-refractivity contribution >= 4 is 6.09 Å². The predicted octanol–water partition coefficient (Wildman–Crippen LogP) is 1.99. The molecule has 0 bridgehead atoms. The van der Waals surface area contributed by atoms with E-state index in [9.17, 15) is 4.79 Å². The summed E-state index contributed by atoms with van der Waals surface area (Å²) in [6, 6.07) is 0. The number of hydrogen-bond donors (Lipinski definition) is 0. The van der Waals surface area contributed by atoms with Gasteiger partial charge in [-0.15, -0.1) is 0 Å². The minimum absolute atomic E-state index is 0.0405. The molecule has 1 heterocycles. The Balaban J connectivity index is 2.15. The molecule has 1 saturated heterocycles. The van der Waals surface area contributed by atoms with E-state index in [1.807, 2.05) is 20.8 Å².